The van der Waals surface area contributed by atoms with Crippen molar-refractivity contribution in [3.05, 3.63) is 42.2 Å². The number of nitrogens with two attached hydrogens (primary N) is 1. The number of hydrogen-bond donors (Lipinski definition) is 2. The topological polar surface area (TPSA) is 73.1 Å². The van der Waals surface area contributed by atoms with Crippen LogP contribution in [0.3, 0.4) is 0 Å². The van der Waals surface area contributed by atoms with Crippen molar-refractivity contribution in [3.63, 3.8) is 0 Å². The summed E-state index contributed by atoms with van der Waals surface area (Å²) in [7, 11) is 0. The van der Waals surface area contributed by atoms with Crippen molar-refractivity contribution in [1.82, 2.24) is 9.97 Å². The molecule has 3 N–H and O–H groups in total. The first-order valence-electron chi connectivity index (χ1n) is 5.39. The van der Waals surface area contributed by atoms with Crippen LogP contribution in [-0.4, -0.2) is 16.6 Å². The second-order valence-corrected chi connectivity index (χ2v) is 3.89. The number of para-hydroxylation sites is 1. The third-order valence-electron chi connectivity index (χ3n) is 2.68. The Labute approximate surface area is 98.7 Å². The molecule has 0 spiro atoms. The number of anilines is 2. The Morgan fingerprint density at radius 2 is 2.00 bits per heavy atom. The van der Waals surface area contributed by atoms with Gasteiger partial charge in [-0.2, -0.15) is 0 Å². The van der Waals surface area contributed by atoms with Crippen LogP contribution in [0.4, 0.5) is 11.6 Å². The van der Waals surface area contributed by atoms with Crippen LogP contribution in [0.1, 0.15) is 11.6 Å². The highest BCUT2D eigenvalue weighted by atomic mass is 16.5. The third-order valence-corrected chi connectivity index (χ3v) is 2.68. The molecule has 0 radical (unpaired) electrons. The van der Waals surface area contributed by atoms with E-state index in [4.69, 9.17) is 10.5 Å². The lowest BCUT2D eigenvalue weighted by molar-refractivity contribution is 0.339. The standard InChI is InChI=1S/C12H12N4O/c13-8-5-14-12(15-6-8)16-10-7-17-11-4-2-1-3-9(10)11/h1-6,10H,7,13H2,(H,14,15,16). The summed E-state index contributed by atoms with van der Waals surface area (Å²) >= 11 is 0. The maximum Gasteiger partial charge on any atom is 0.223 e. The molecule has 2 heterocycles. The summed E-state index contributed by atoms with van der Waals surface area (Å²) in [5.74, 6) is 1.48. The quantitative estimate of drug-likeness (QED) is 0.816. The van der Waals surface area contributed by atoms with Gasteiger partial charge in [-0.3, -0.25) is 0 Å². The lowest BCUT2D eigenvalue weighted by Crippen LogP contribution is -2.14. The van der Waals surface area contributed by atoms with E-state index in [-0.39, 0.29) is 6.04 Å². The van der Waals surface area contributed by atoms with Crippen LogP contribution >= 0.6 is 0 Å². The fraction of sp³-hybridized carbons (Fsp3) is 0.167. The van der Waals surface area contributed by atoms with E-state index < -0.39 is 0 Å². The van der Waals surface area contributed by atoms with E-state index in [1.54, 1.807) is 12.4 Å². The number of nitrogen functional groups attached to an aromatic ring is 1. The third kappa shape index (κ3) is 1.87. The van der Waals surface area contributed by atoms with Gasteiger partial charge < -0.3 is 15.8 Å². The van der Waals surface area contributed by atoms with E-state index in [9.17, 15) is 0 Å². The number of nitrogens with one attached hydrogen (secondary N) is 1. The minimum absolute atomic E-state index is 0.0924. The molecule has 86 valence electrons. The molecule has 5 heteroatoms. The maximum atomic E-state index is 5.56. The van der Waals surface area contributed by atoms with Crippen molar-refractivity contribution in [2.45, 2.75) is 6.04 Å². The summed E-state index contributed by atoms with van der Waals surface area (Å²) < 4.78 is 5.56. The van der Waals surface area contributed by atoms with Crippen LogP contribution in [0.5, 0.6) is 5.75 Å². The van der Waals surface area contributed by atoms with Crippen LogP contribution in [-0.2, 0) is 0 Å². The van der Waals surface area contributed by atoms with E-state index in [0.29, 0.717) is 18.2 Å². The Kier molecular flexibility index (Phi) is 2.29. The molecule has 1 aliphatic heterocycles. The molecule has 3 rings (SSSR count). The molecule has 5 nitrogen and oxygen atoms in total. The molecule has 0 saturated carbocycles. The van der Waals surface area contributed by atoms with Gasteiger partial charge in [-0.25, -0.2) is 9.97 Å². The van der Waals surface area contributed by atoms with E-state index in [2.05, 4.69) is 15.3 Å². The summed E-state index contributed by atoms with van der Waals surface area (Å²) in [5, 5.41) is 3.22. The fourth-order valence-corrected chi connectivity index (χ4v) is 1.85. The van der Waals surface area contributed by atoms with Crippen molar-refractivity contribution in [3.8, 4) is 5.75 Å². The summed E-state index contributed by atoms with van der Waals surface area (Å²) in [6, 6.07) is 8.04. The molecule has 1 aromatic heterocycles. The zero-order valence-corrected chi connectivity index (χ0v) is 9.13. The smallest absolute Gasteiger partial charge is 0.223 e. The molecular formula is C12H12N4O. The Hall–Kier alpha value is -2.30. The molecule has 0 saturated heterocycles. The van der Waals surface area contributed by atoms with Crippen LogP contribution < -0.4 is 15.8 Å². The predicted octanol–water partition coefficient (Wildman–Crippen LogP) is 1.60. The minimum atomic E-state index is 0.0924. The summed E-state index contributed by atoms with van der Waals surface area (Å²) in [6.45, 7) is 0.590. The number of nitrogens with zero attached hydrogens (tertiary/aromatic N) is 2. The second-order valence-electron chi connectivity index (χ2n) is 3.89. The van der Waals surface area contributed by atoms with E-state index in [1.807, 2.05) is 24.3 Å². The van der Waals surface area contributed by atoms with Crippen molar-refractivity contribution >= 4 is 11.6 Å². The van der Waals surface area contributed by atoms with Gasteiger partial charge in [0.2, 0.25) is 5.95 Å². The van der Waals surface area contributed by atoms with Crippen LogP contribution in [0, 0.1) is 0 Å². The molecule has 1 atom stereocenters. The monoisotopic (exact) mass is 228 g/mol. The van der Waals surface area contributed by atoms with Gasteiger partial charge >= 0.3 is 0 Å². The van der Waals surface area contributed by atoms with E-state index in [0.717, 1.165) is 11.3 Å². The summed E-state index contributed by atoms with van der Waals surface area (Å²) in [5.41, 5.74) is 7.22. The average molecular weight is 228 g/mol. The second kappa shape index (κ2) is 3.93. The number of fused-ring (bicyclic) bond motifs is 1. The SMILES string of the molecule is Nc1cnc(NC2COc3ccccc32)nc1. The van der Waals surface area contributed by atoms with E-state index >= 15 is 0 Å². The molecule has 0 amide bonds. The van der Waals surface area contributed by atoms with Gasteiger partial charge in [-0.05, 0) is 6.07 Å². The van der Waals surface area contributed by atoms with Gasteiger partial charge in [0.05, 0.1) is 24.1 Å². The molecule has 0 aliphatic carbocycles. The highest BCUT2D eigenvalue weighted by Gasteiger charge is 2.23. The lowest BCUT2D eigenvalue weighted by atomic mass is 10.1. The molecule has 1 aromatic carbocycles. The van der Waals surface area contributed by atoms with Gasteiger partial charge in [-0.15, -0.1) is 0 Å². The van der Waals surface area contributed by atoms with Crippen molar-refractivity contribution in [2.75, 3.05) is 17.7 Å². The zero-order chi connectivity index (χ0) is 11.7. The number of hydrogen-bond acceptors (Lipinski definition) is 5. The Morgan fingerprint density at radius 1 is 1.24 bits per heavy atom. The minimum Gasteiger partial charge on any atom is -0.491 e. The molecule has 2 aromatic rings. The first-order valence-corrected chi connectivity index (χ1v) is 5.39. The van der Waals surface area contributed by atoms with Crippen molar-refractivity contribution in [2.24, 2.45) is 0 Å². The Morgan fingerprint density at radius 3 is 2.82 bits per heavy atom. The maximum absolute atomic E-state index is 5.56. The van der Waals surface area contributed by atoms with Crippen molar-refractivity contribution < 1.29 is 4.74 Å². The first kappa shape index (κ1) is 9.89. The first-order chi connectivity index (χ1) is 8.33. The van der Waals surface area contributed by atoms with Crippen LogP contribution in [0.2, 0.25) is 0 Å². The van der Waals surface area contributed by atoms with Crippen LogP contribution in [0.25, 0.3) is 0 Å². The van der Waals surface area contributed by atoms with Crippen LogP contribution in [0.15, 0.2) is 36.7 Å². The fourth-order valence-electron chi connectivity index (χ4n) is 1.85. The summed E-state index contributed by atoms with van der Waals surface area (Å²) in [4.78, 5) is 8.22. The Bertz CT molecular complexity index is 526. The Balaban J connectivity index is 1.81. The zero-order valence-electron chi connectivity index (χ0n) is 9.13. The highest BCUT2D eigenvalue weighted by Crippen LogP contribution is 2.33. The number of benzene rings is 1. The van der Waals surface area contributed by atoms with Gasteiger partial charge in [-0.1, -0.05) is 18.2 Å². The lowest BCUT2D eigenvalue weighted by Gasteiger charge is -2.10. The largest absolute Gasteiger partial charge is 0.491 e. The molecule has 1 aliphatic rings. The molecule has 0 fully saturated rings. The molecular weight excluding hydrogens is 216 g/mol. The number of rotatable bonds is 2. The highest BCUT2D eigenvalue weighted by molar-refractivity contribution is 5.44. The molecule has 17 heavy (non-hydrogen) atoms. The van der Waals surface area contributed by atoms with Gasteiger partial charge in [0.25, 0.3) is 0 Å². The van der Waals surface area contributed by atoms with Gasteiger partial charge in [0.1, 0.15) is 12.4 Å². The van der Waals surface area contributed by atoms with Gasteiger partial charge in [0, 0.05) is 5.56 Å². The summed E-state index contributed by atoms with van der Waals surface area (Å²) in [6.07, 6.45) is 3.16. The number of ether oxygens (including phenoxy) is 1. The van der Waals surface area contributed by atoms with E-state index in [1.165, 1.54) is 0 Å². The molecule has 1 unspecified atom stereocenters. The van der Waals surface area contributed by atoms with Crippen molar-refractivity contribution in [1.29, 1.82) is 0 Å². The van der Waals surface area contributed by atoms with Gasteiger partial charge in [0.15, 0.2) is 0 Å². The average Bonchev–Trinajstić information content (AvgIpc) is 2.76. The molecule has 0 bridgehead atoms. The normalized spacial score (nSPS) is 17.3. The predicted molar refractivity (Wildman–Crippen MR) is 64.7 cm³/mol. The number of aromatic nitrogens is 2.